The summed E-state index contributed by atoms with van der Waals surface area (Å²) in [6, 6.07) is 0.272. The first-order valence-corrected chi connectivity index (χ1v) is 13.3. The monoisotopic (exact) mass is 490 g/mol. The molecule has 0 spiro atoms. The van der Waals surface area contributed by atoms with E-state index < -0.39 is 0 Å². The number of carbonyl (C=O) groups excluding carboxylic acids is 1. The fraction of sp³-hybridized carbons (Fsp3) is 0.800. The highest BCUT2D eigenvalue weighted by Gasteiger charge is 2.38. The van der Waals surface area contributed by atoms with Crippen LogP contribution in [0, 0.1) is 17.3 Å². The van der Waals surface area contributed by atoms with Gasteiger partial charge in [0.1, 0.15) is 0 Å². The highest BCUT2D eigenvalue weighted by Crippen LogP contribution is 2.41. The zero-order valence-corrected chi connectivity index (χ0v) is 21.0. The molecule has 32 heavy (non-hydrogen) atoms. The Kier molecular flexibility index (Phi) is 14.4. The maximum atomic E-state index is 12.7. The van der Waals surface area contributed by atoms with E-state index in [1.165, 1.54) is 24.8 Å². The molecule has 1 heterocycles. The zero-order chi connectivity index (χ0) is 20.9. The smallest absolute Gasteiger partial charge is 0.223 e. The number of allylic oxidation sites excluding steroid dienone is 4. The Balaban J connectivity index is 0.00000320. The van der Waals surface area contributed by atoms with Crippen LogP contribution in [0.2, 0.25) is 0 Å². The van der Waals surface area contributed by atoms with Crippen LogP contribution < -0.4 is 5.32 Å². The maximum absolute atomic E-state index is 12.7. The Morgan fingerprint density at radius 3 is 2.53 bits per heavy atom. The molecule has 2 aliphatic carbocycles. The van der Waals surface area contributed by atoms with Gasteiger partial charge >= 0.3 is 0 Å². The number of hydrogen-bond donors (Lipinski definition) is 1. The van der Waals surface area contributed by atoms with Crippen molar-refractivity contribution < 1.29 is 15.7 Å². The van der Waals surface area contributed by atoms with E-state index in [1.807, 2.05) is 11.8 Å². The highest BCUT2D eigenvalue weighted by molar-refractivity contribution is 7.98. The number of hydrogen-bond acceptors (Lipinski definition) is 3. The number of nitrogens with one attached hydrogen (secondary N) is 1. The van der Waals surface area contributed by atoms with Crippen LogP contribution >= 0.6 is 23.4 Å². The summed E-state index contributed by atoms with van der Waals surface area (Å²) < 4.78 is 0. The first kappa shape index (κ1) is 31.5. The van der Waals surface area contributed by atoms with E-state index in [-0.39, 0.29) is 41.1 Å². The lowest BCUT2D eigenvalue weighted by molar-refractivity contribution is -0.125. The molecule has 0 aromatic rings. The molecule has 3 atom stereocenters. The molecule has 0 radical (unpaired) electrons. The van der Waals surface area contributed by atoms with E-state index in [9.17, 15) is 4.79 Å². The van der Waals surface area contributed by atoms with Gasteiger partial charge in [0.05, 0.1) is 5.38 Å². The predicted molar refractivity (Wildman–Crippen MR) is 141 cm³/mol. The molecule has 0 aromatic heterocycles. The third-order valence-corrected chi connectivity index (χ3v) is 7.98. The zero-order valence-electron chi connectivity index (χ0n) is 19.5. The second-order valence-electron chi connectivity index (χ2n) is 9.85. The first-order chi connectivity index (χ1) is 13.9. The molecule has 2 fully saturated rings. The van der Waals surface area contributed by atoms with Crippen LogP contribution in [0.3, 0.4) is 0 Å². The van der Waals surface area contributed by atoms with Gasteiger partial charge in [-0.25, -0.2) is 0 Å². The van der Waals surface area contributed by atoms with Crippen molar-refractivity contribution >= 4 is 29.3 Å². The van der Waals surface area contributed by atoms with E-state index in [4.69, 9.17) is 11.6 Å². The molecule has 1 amide bonds. The lowest BCUT2D eigenvalue weighted by Crippen LogP contribution is -2.52. The molecule has 2 unspecified atom stereocenters. The molecule has 1 saturated heterocycles. The third kappa shape index (κ3) is 8.68. The summed E-state index contributed by atoms with van der Waals surface area (Å²) >= 11 is 8.10. The van der Waals surface area contributed by atoms with Gasteiger partial charge in [-0.05, 0) is 67.6 Å². The number of amides is 1. The molecular formula is C25H47ClN2O3S. The van der Waals surface area contributed by atoms with Crippen molar-refractivity contribution in [2.75, 3.05) is 31.6 Å². The fourth-order valence-electron chi connectivity index (χ4n) is 5.40. The summed E-state index contributed by atoms with van der Waals surface area (Å²) in [7, 11) is 0. The van der Waals surface area contributed by atoms with E-state index in [0.717, 1.165) is 51.1 Å². The SMILES string of the molecule is C.CSCC[C@H](CN1CCC(C2=CCC(Cl)C=C2)C(C)(C)C1)NC(=O)C1CCCC1.O.O. The quantitative estimate of drug-likeness (QED) is 0.515. The molecule has 188 valence electrons. The van der Waals surface area contributed by atoms with Gasteiger partial charge in [0.25, 0.3) is 0 Å². The number of thioether (sulfide) groups is 1. The second kappa shape index (κ2) is 14.7. The molecule has 3 rings (SSSR count). The van der Waals surface area contributed by atoms with E-state index in [1.54, 1.807) is 0 Å². The first-order valence-electron chi connectivity index (χ1n) is 11.4. The minimum atomic E-state index is 0. The van der Waals surface area contributed by atoms with Crippen molar-refractivity contribution in [3.05, 3.63) is 23.8 Å². The standard InChI is InChI=1S/C24H39ClN2OS.CH4.2H2O/c1-24(2)17-27(14-12-22(24)18-8-10-20(25)11-9-18)16-21(13-15-29-3)26-23(28)19-6-4-5-7-19;;;/h8-10,19-22H,4-7,11-17H2,1-3H3,(H,26,28);1H4;2*1H2/t20?,21-,22?;;;/m1.../s1. The molecular weight excluding hydrogens is 444 g/mol. The van der Waals surface area contributed by atoms with Crippen LogP contribution in [0.4, 0.5) is 0 Å². The summed E-state index contributed by atoms with van der Waals surface area (Å²) in [5, 5.41) is 3.57. The van der Waals surface area contributed by atoms with Gasteiger partial charge in [-0.1, -0.05) is 52.3 Å². The van der Waals surface area contributed by atoms with Crippen molar-refractivity contribution in [2.45, 2.75) is 77.6 Å². The van der Waals surface area contributed by atoms with Crippen LogP contribution in [0.15, 0.2) is 23.8 Å². The molecule has 5 N–H and O–H groups in total. The normalized spacial score (nSPS) is 26.2. The molecule has 7 heteroatoms. The number of rotatable bonds is 8. The average molecular weight is 491 g/mol. The van der Waals surface area contributed by atoms with Crippen molar-refractivity contribution in [3.63, 3.8) is 0 Å². The summed E-state index contributed by atoms with van der Waals surface area (Å²) in [6.45, 7) is 7.98. The largest absolute Gasteiger partial charge is 0.412 e. The lowest BCUT2D eigenvalue weighted by atomic mass is 9.69. The number of likely N-dealkylation sites (tertiary alicyclic amines) is 1. The number of halogens is 1. The van der Waals surface area contributed by atoms with Crippen LogP contribution in [0.5, 0.6) is 0 Å². The van der Waals surface area contributed by atoms with Gasteiger partial charge in [0.2, 0.25) is 5.91 Å². The van der Waals surface area contributed by atoms with Crippen molar-refractivity contribution in [1.29, 1.82) is 0 Å². The fourth-order valence-corrected chi connectivity index (χ4v) is 6.08. The maximum Gasteiger partial charge on any atom is 0.223 e. The predicted octanol–water partition coefficient (Wildman–Crippen LogP) is 4.24. The number of carbonyl (C=O) groups is 1. The van der Waals surface area contributed by atoms with Gasteiger partial charge in [0.15, 0.2) is 0 Å². The summed E-state index contributed by atoms with van der Waals surface area (Å²) in [5.74, 6) is 2.25. The minimum Gasteiger partial charge on any atom is -0.412 e. The van der Waals surface area contributed by atoms with Gasteiger partial charge < -0.3 is 21.2 Å². The van der Waals surface area contributed by atoms with Crippen LogP contribution in [-0.2, 0) is 4.79 Å². The summed E-state index contributed by atoms with van der Waals surface area (Å²) in [6.07, 6.45) is 16.7. The Morgan fingerprint density at radius 2 is 1.97 bits per heavy atom. The van der Waals surface area contributed by atoms with E-state index >= 15 is 0 Å². The Labute approximate surface area is 205 Å². The second-order valence-corrected chi connectivity index (χ2v) is 11.4. The Bertz CT molecular complexity index is 620. The third-order valence-electron chi connectivity index (χ3n) is 7.01. The van der Waals surface area contributed by atoms with Crippen LogP contribution in [-0.4, -0.2) is 64.8 Å². The molecule has 0 bridgehead atoms. The van der Waals surface area contributed by atoms with Gasteiger partial charge in [0, 0.05) is 25.0 Å². The lowest BCUT2D eigenvalue weighted by Gasteiger charge is -2.46. The topological polar surface area (TPSA) is 95.3 Å². The van der Waals surface area contributed by atoms with Gasteiger partial charge in [-0.15, -0.1) is 11.6 Å². The van der Waals surface area contributed by atoms with Crippen molar-refractivity contribution in [2.24, 2.45) is 17.3 Å². The highest BCUT2D eigenvalue weighted by atomic mass is 35.5. The number of alkyl halides is 1. The molecule has 5 nitrogen and oxygen atoms in total. The van der Waals surface area contributed by atoms with Gasteiger partial charge in [-0.3, -0.25) is 4.79 Å². The summed E-state index contributed by atoms with van der Waals surface area (Å²) in [4.78, 5) is 15.3. The molecule has 1 aliphatic heterocycles. The van der Waals surface area contributed by atoms with Crippen LogP contribution in [0.1, 0.15) is 66.2 Å². The Morgan fingerprint density at radius 1 is 1.28 bits per heavy atom. The summed E-state index contributed by atoms with van der Waals surface area (Å²) in [5.41, 5.74) is 1.70. The minimum absolute atomic E-state index is 0. The number of piperidine rings is 1. The van der Waals surface area contributed by atoms with Gasteiger partial charge in [-0.2, -0.15) is 11.8 Å². The van der Waals surface area contributed by atoms with Crippen LogP contribution in [0.25, 0.3) is 0 Å². The Hall–Kier alpha value is -0.530. The average Bonchev–Trinajstić information content (AvgIpc) is 3.21. The molecule has 1 saturated carbocycles. The van der Waals surface area contributed by atoms with Crippen molar-refractivity contribution in [1.82, 2.24) is 10.2 Å². The van der Waals surface area contributed by atoms with E-state index in [0.29, 0.717) is 11.8 Å². The molecule has 0 aromatic carbocycles. The van der Waals surface area contributed by atoms with E-state index in [2.05, 4.69) is 48.5 Å². The number of nitrogens with zero attached hydrogens (tertiary/aromatic N) is 1. The molecule has 3 aliphatic rings. The van der Waals surface area contributed by atoms with Crippen molar-refractivity contribution in [3.8, 4) is 0 Å².